The molecule has 3 aromatic rings. The number of phenolic OH excluding ortho intramolecular Hbond substituents is 1. The van der Waals surface area contributed by atoms with Crippen molar-refractivity contribution in [2.75, 3.05) is 26.2 Å². The van der Waals surface area contributed by atoms with Crippen molar-refractivity contribution in [3.05, 3.63) is 65.9 Å². The SMILES string of the molecule is CC[C@H](C)[C@H](NC(=O)[C@@H](N)CO)C(=O)NCC(=O)N[C@H](C(=O)N[C@H](C(=O)N[C@H](C(=O)N1CCC[C@H]1C(=O)NCC(=O)N[C@@H](Cc1c[nH]c2ccccc12)C(=O)N[C@@H](Cc1ccc(O)cc1)C(=O)N[C@@H](CC(C)C)C(=O)N[C@@H](CC(=O)O)C(=O)N[C@@H](CC(C)C)C(=O)O)[C@@H](C)O)C(C)C)C(C)C. The van der Waals surface area contributed by atoms with Crippen LogP contribution in [0.4, 0.5) is 0 Å². The highest BCUT2D eigenvalue weighted by molar-refractivity contribution is 6.00. The number of aromatic hydroxyl groups is 1. The van der Waals surface area contributed by atoms with Crippen LogP contribution in [0.1, 0.15) is 126 Å². The van der Waals surface area contributed by atoms with Gasteiger partial charge in [-0.3, -0.25) is 62.3 Å². The molecule has 1 aliphatic heterocycles. The summed E-state index contributed by atoms with van der Waals surface area (Å²) >= 11 is 0. The number of aliphatic hydroxyl groups excluding tert-OH is 2. The van der Waals surface area contributed by atoms with Gasteiger partial charge in [0.1, 0.15) is 72.2 Å². The predicted molar refractivity (Wildman–Crippen MR) is 367 cm³/mol. The van der Waals surface area contributed by atoms with E-state index < -0.39 is 199 Å². The van der Waals surface area contributed by atoms with Crippen LogP contribution in [-0.4, -0.2) is 217 Å². The number of carbonyl (C=O) groups excluding carboxylic acids is 12. The van der Waals surface area contributed by atoms with Crippen molar-refractivity contribution in [2.45, 2.75) is 200 Å². The Labute approximate surface area is 585 Å². The summed E-state index contributed by atoms with van der Waals surface area (Å²) in [5.74, 6) is -15.9. The van der Waals surface area contributed by atoms with E-state index in [1.165, 1.54) is 31.2 Å². The summed E-state index contributed by atoms with van der Waals surface area (Å²) in [5.41, 5.74) is 7.22. The fraction of sp³-hybridized carbons (Fsp3) is 0.588. The third-order valence-corrected chi connectivity index (χ3v) is 17.0. The number of H-pyrrole nitrogens is 1. The number of nitrogens with zero attached hydrogens (tertiary/aromatic N) is 1. The fourth-order valence-corrected chi connectivity index (χ4v) is 11.2. The molecule has 2 heterocycles. The Hall–Kier alpha value is -9.76. The number of hydrogen-bond donors (Lipinski definition) is 18. The molecule has 12 amide bonds. The maximum Gasteiger partial charge on any atom is 0.326 e. The Morgan fingerprint density at radius 3 is 1.63 bits per heavy atom. The van der Waals surface area contributed by atoms with Crippen molar-refractivity contribution in [1.29, 1.82) is 0 Å². The molecule has 13 atom stereocenters. The van der Waals surface area contributed by atoms with Crippen molar-refractivity contribution in [1.82, 2.24) is 68.4 Å². The molecule has 0 saturated carbocycles. The number of carboxylic acid groups (broad SMARTS) is 2. The third kappa shape index (κ3) is 26.0. The average Bonchev–Trinajstić information content (AvgIpc) is 1.74. The van der Waals surface area contributed by atoms with Crippen molar-refractivity contribution >= 4 is 93.7 Å². The Kier molecular flexibility index (Phi) is 33.0. The fourth-order valence-electron chi connectivity index (χ4n) is 11.2. The highest BCUT2D eigenvalue weighted by Gasteiger charge is 2.42. The number of carboxylic acids is 2. The van der Waals surface area contributed by atoms with Crippen LogP contribution in [0.15, 0.2) is 54.7 Å². The number of rotatable bonds is 40. The number of nitrogens with two attached hydrogens (primary N) is 1. The summed E-state index contributed by atoms with van der Waals surface area (Å²) in [4.78, 5) is 195. The molecule has 1 fully saturated rings. The number of aliphatic hydroxyl groups is 2. The van der Waals surface area contributed by atoms with Gasteiger partial charge in [0.15, 0.2) is 0 Å². The van der Waals surface area contributed by atoms with Crippen molar-refractivity contribution in [3.63, 3.8) is 0 Å². The number of aromatic amines is 1. The molecule has 0 unspecified atom stereocenters. The number of carbonyl (C=O) groups is 14. The Morgan fingerprint density at radius 2 is 1.07 bits per heavy atom. The molecule has 0 spiro atoms. The number of aliphatic carboxylic acids is 2. The second-order valence-corrected chi connectivity index (χ2v) is 27.0. The van der Waals surface area contributed by atoms with Crippen LogP contribution >= 0.6 is 0 Å². The molecular weight excluding hydrogens is 1320 g/mol. The lowest BCUT2D eigenvalue weighted by Gasteiger charge is -2.32. The summed E-state index contributed by atoms with van der Waals surface area (Å²) in [6.07, 6.45) is -0.737. The molecule has 1 aromatic heterocycles. The van der Waals surface area contributed by atoms with E-state index in [4.69, 9.17) is 5.73 Å². The number of benzene rings is 2. The number of nitrogens with one attached hydrogen (secondary N) is 12. The highest BCUT2D eigenvalue weighted by atomic mass is 16.4. The second kappa shape index (κ2) is 39.9. The zero-order chi connectivity index (χ0) is 75.7. The van der Waals surface area contributed by atoms with E-state index in [0.717, 1.165) is 4.90 Å². The highest BCUT2D eigenvalue weighted by Crippen LogP contribution is 2.23. The summed E-state index contributed by atoms with van der Waals surface area (Å²) in [6, 6.07) is -3.10. The number of phenols is 1. The van der Waals surface area contributed by atoms with Crippen LogP contribution in [0.25, 0.3) is 10.9 Å². The zero-order valence-corrected chi connectivity index (χ0v) is 59.0. The van der Waals surface area contributed by atoms with Crippen LogP contribution < -0.4 is 64.2 Å². The summed E-state index contributed by atoms with van der Waals surface area (Å²) in [7, 11) is 0. The number of hydrogen-bond acceptors (Lipinski definition) is 18. The molecule has 0 bridgehead atoms. The number of likely N-dealkylation sites (tertiary alicyclic amines) is 1. The van der Waals surface area contributed by atoms with Crippen molar-refractivity contribution in [2.24, 2.45) is 35.3 Å². The third-order valence-electron chi connectivity index (χ3n) is 17.0. The first-order valence-electron chi connectivity index (χ1n) is 33.9. The van der Waals surface area contributed by atoms with Crippen LogP contribution in [0.3, 0.4) is 0 Å². The van der Waals surface area contributed by atoms with Crippen molar-refractivity contribution in [3.8, 4) is 5.75 Å². The molecule has 0 aliphatic carbocycles. The minimum atomic E-state index is -1.80. The standard InChI is InChI=1S/C68H102N14O19/c1-12-37(10)56(80-58(90)43(69)32-83)64(96)72-31-52(87)78-54(35(6)7)65(97)79-55(36(8)9)66(98)81-57(38(11)84)67(99)82-23-15-18-50(82)63(95)71-30-51(86)73-47(27-40-29-70-44-17-14-13-16-42(40)44)61(93)75-46(26-39-19-21-41(85)22-20-39)60(92)74-45(24-33(2)3)59(91)76-48(28-53(88)89)62(94)77-49(68(100)101)25-34(4)5/h13-14,16-17,19-22,29,33-38,43,45-50,54-57,70,83-85H,12,15,18,23-28,30-32,69H2,1-11H3,(H,71,95)(H,72,96)(H,73,86)(H,74,92)(H,75,93)(H,76,91)(H,77,94)(H,78,87)(H,79,97)(H,80,90)(H,81,98)(H,88,89)(H,100,101)/t37-,38+,43-,45-,46-,47-,48-,49-,50-,54-,55-,56-,57-/m0/s1. The van der Waals surface area contributed by atoms with Gasteiger partial charge in [-0.05, 0) is 91.5 Å². The lowest BCUT2D eigenvalue weighted by molar-refractivity contribution is -0.144. The summed E-state index contributed by atoms with van der Waals surface area (Å²) in [5, 5.41) is 78.3. The molecule has 101 heavy (non-hydrogen) atoms. The lowest BCUT2D eigenvalue weighted by Crippen LogP contribution is -2.62. The van der Waals surface area contributed by atoms with Gasteiger partial charge in [0, 0.05) is 36.5 Å². The molecule has 33 heteroatoms. The molecule has 1 aliphatic rings. The molecular formula is C68H102N14O19. The van der Waals surface area contributed by atoms with Crippen LogP contribution in [0, 0.1) is 29.6 Å². The number of amides is 12. The van der Waals surface area contributed by atoms with Gasteiger partial charge >= 0.3 is 11.9 Å². The smallest absolute Gasteiger partial charge is 0.326 e. The van der Waals surface area contributed by atoms with Gasteiger partial charge in [0.2, 0.25) is 70.9 Å². The monoisotopic (exact) mass is 1420 g/mol. The predicted octanol–water partition coefficient (Wildman–Crippen LogP) is -2.04. The topological polar surface area (TPSA) is 518 Å². The average molecular weight is 1420 g/mol. The number of aromatic nitrogens is 1. The normalized spacial score (nSPS) is 16.5. The molecule has 0 radical (unpaired) electrons. The zero-order valence-electron chi connectivity index (χ0n) is 59.0. The Morgan fingerprint density at radius 1 is 0.564 bits per heavy atom. The molecule has 2 aromatic carbocycles. The van der Waals surface area contributed by atoms with Crippen LogP contribution in [0.2, 0.25) is 0 Å². The Balaban J connectivity index is 1.53. The molecule has 19 N–H and O–H groups in total. The van der Waals surface area contributed by atoms with E-state index >= 15 is 0 Å². The quantitative estimate of drug-likeness (QED) is 0.0291. The van der Waals surface area contributed by atoms with Crippen LogP contribution in [-0.2, 0) is 80.0 Å². The number of fused-ring (bicyclic) bond motifs is 1. The van der Waals surface area contributed by atoms with E-state index in [-0.39, 0.29) is 62.7 Å². The summed E-state index contributed by atoms with van der Waals surface area (Å²) in [6.45, 7) is 15.8. The van der Waals surface area contributed by atoms with E-state index in [1.54, 1.807) is 99.7 Å². The van der Waals surface area contributed by atoms with E-state index in [1.807, 2.05) is 0 Å². The van der Waals surface area contributed by atoms with Gasteiger partial charge in [-0.25, -0.2) is 4.79 Å². The molecule has 4 rings (SSSR count). The second-order valence-electron chi connectivity index (χ2n) is 27.0. The van der Waals surface area contributed by atoms with E-state index in [0.29, 0.717) is 28.5 Å². The minimum absolute atomic E-state index is 0.0207. The first-order valence-corrected chi connectivity index (χ1v) is 33.9. The maximum atomic E-state index is 14.8. The summed E-state index contributed by atoms with van der Waals surface area (Å²) < 4.78 is 0. The Bertz CT molecular complexity index is 3400. The minimum Gasteiger partial charge on any atom is -0.508 e. The van der Waals surface area contributed by atoms with Gasteiger partial charge in [0.05, 0.1) is 32.2 Å². The first kappa shape index (κ1) is 83.7. The van der Waals surface area contributed by atoms with Gasteiger partial charge < -0.3 is 99.6 Å². The van der Waals surface area contributed by atoms with E-state index in [9.17, 15) is 92.7 Å². The van der Waals surface area contributed by atoms with Gasteiger partial charge in [-0.1, -0.05) is 106 Å². The molecule has 1 saturated heterocycles. The number of para-hydroxylation sites is 1. The largest absolute Gasteiger partial charge is 0.508 e. The van der Waals surface area contributed by atoms with Crippen LogP contribution in [0.5, 0.6) is 5.75 Å². The maximum absolute atomic E-state index is 14.8. The van der Waals surface area contributed by atoms with Gasteiger partial charge in [0.25, 0.3) is 0 Å². The lowest BCUT2D eigenvalue weighted by atomic mass is 9.98. The van der Waals surface area contributed by atoms with E-state index in [2.05, 4.69) is 63.5 Å². The van der Waals surface area contributed by atoms with Gasteiger partial charge in [-0.2, -0.15) is 0 Å². The first-order chi connectivity index (χ1) is 47.5. The van der Waals surface area contributed by atoms with Crippen molar-refractivity contribution < 1.29 is 92.7 Å². The van der Waals surface area contributed by atoms with Gasteiger partial charge in [-0.15, -0.1) is 0 Å². The molecule has 558 valence electrons. The molecule has 33 nitrogen and oxygen atoms in total.